The first-order valence-corrected chi connectivity index (χ1v) is 6.95. The van der Waals surface area contributed by atoms with E-state index >= 15 is 0 Å². The lowest BCUT2D eigenvalue weighted by molar-refractivity contribution is 0.652. The predicted molar refractivity (Wildman–Crippen MR) is 83.8 cm³/mol. The third-order valence-corrected chi connectivity index (χ3v) is 4.04. The van der Waals surface area contributed by atoms with Gasteiger partial charge in [0, 0.05) is 11.1 Å². The molecule has 2 heteroatoms. The van der Waals surface area contributed by atoms with Crippen molar-refractivity contribution in [3.8, 4) is 11.1 Å². The van der Waals surface area contributed by atoms with E-state index in [9.17, 15) is 0 Å². The normalized spacial score (nSPS) is 12.5. The summed E-state index contributed by atoms with van der Waals surface area (Å²) in [4.78, 5) is 0. The topological polar surface area (TPSA) is 12.0 Å². The molecule has 2 rings (SSSR count). The molecule has 2 aromatic carbocycles. The van der Waals surface area contributed by atoms with Crippen LogP contribution < -0.4 is 5.32 Å². The van der Waals surface area contributed by atoms with Gasteiger partial charge in [0.15, 0.2) is 0 Å². The van der Waals surface area contributed by atoms with Crippen molar-refractivity contribution in [3.05, 3.63) is 58.1 Å². The molecule has 0 aliphatic carbocycles. The summed E-state index contributed by atoms with van der Waals surface area (Å²) >= 11 is 6.17. The van der Waals surface area contributed by atoms with E-state index in [1.807, 2.05) is 20.0 Å². The molecule has 0 amide bonds. The van der Waals surface area contributed by atoms with Gasteiger partial charge in [0.25, 0.3) is 0 Å². The zero-order chi connectivity index (χ0) is 14.0. The van der Waals surface area contributed by atoms with E-state index in [4.69, 9.17) is 11.6 Å². The summed E-state index contributed by atoms with van der Waals surface area (Å²) in [5.74, 6) is 0. The summed E-state index contributed by atoms with van der Waals surface area (Å²) in [6.45, 7) is 6.32. The van der Waals surface area contributed by atoms with Gasteiger partial charge in [-0.15, -0.1) is 0 Å². The maximum absolute atomic E-state index is 6.17. The van der Waals surface area contributed by atoms with Crippen molar-refractivity contribution < 1.29 is 0 Å². The van der Waals surface area contributed by atoms with Gasteiger partial charge in [0.05, 0.1) is 0 Å². The van der Waals surface area contributed by atoms with Crippen LogP contribution in [0.5, 0.6) is 0 Å². The molecule has 0 spiro atoms. The molecule has 0 bridgehead atoms. The van der Waals surface area contributed by atoms with E-state index in [1.165, 1.54) is 22.3 Å². The molecular weight excluding hydrogens is 254 g/mol. The molecule has 0 aliphatic heterocycles. The SMILES string of the molecule is CNC(C)c1cccc(-c2cc(C)c(Cl)cc2C)c1. The zero-order valence-electron chi connectivity index (χ0n) is 11.9. The average molecular weight is 274 g/mol. The van der Waals surface area contributed by atoms with Crippen LogP contribution in [0.3, 0.4) is 0 Å². The lowest BCUT2D eigenvalue weighted by Crippen LogP contribution is -2.12. The van der Waals surface area contributed by atoms with Crippen LogP contribution in [0, 0.1) is 13.8 Å². The fourth-order valence-electron chi connectivity index (χ4n) is 2.23. The second-order valence-electron chi connectivity index (χ2n) is 5.05. The lowest BCUT2D eigenvalue weighted by atomic mass is 9.95. The van der Waals surface area contributed by atoms with E-state index in [0.29, 0.717) is 6.04 Å². The van der Waals surface area contributed by atoms with Gasteiger partial charge in [-0.2, -0.15) is 0 Å². The molecule has 0 fully saturated rings. The van der Waals surface area contributed by atoms with E-state index in [1.54, 1.807) is 0 Å². The summed E-state index contributed by atoms with van der Waals surface area (Å²) in [5.41, 5.74) is 6.13. The smallest absolute Gasteiger partial charge is 0.0438 e. The van der Waals surface area contributed by atoms with E-state index in [2.05, 4.69) is 49.5 Å². The third kappa shape index (κ3) is 2.99. The first-order chi connectivity index (χ1) is 9.02. The molecular formula is C17H20ClN. The minimum atomic E-state index is 0.355. The number of rotatable bonds is 3. The summed E-state index contributed by atoms with van der Waals surface area (Å²) in [7, 11) is 1.98. The van der Waals surface area contributed by atoms with Crippen molar-refractivity contribution in [1.29, 1.82) is 0 Å². The molecule has 1 nitrogen and oxygen atoms in total. The van der Waals surface area contributed by atoms with Crippen molar-refractivity contribution in [2.24, 2.45) is 0 Å². The van der Waals surface area contributed by atoms with Crippen LogP contribution >= 0.6 is 11.6 Å². The van der Waals surface area contributed by atoms with Crippen LogP contribution in [0.15, 0.2) is 36.4 Å². The summed E-state index contributed by atoms with van der Waals surface area (Å²) in [5, 5.41) is 4.11. The Morgan fingerprint density at radius 2 is 1.79 bits per heavy atom. The van der Waals surface area contributed by atoms with Crippen LogP contribution in [-0.4, -0.2) is 7.05 Å². The van der Waals surface area contributed by atoms with E-state index < -0.39 is 0 Å². The van der Waals surface area contributed by atoms with Crippen molar-refractivity contribution in [1.82, 2.24) is 5.32 Å². The Balaban J connectivity index is 2.50. The second-order valence-corrected chi connectivity index (χ2v) is 5.46. The van der Waals surface area contributed by atoms with Crippen LogP contribution in [0.2, 0.25) is 5.02 Å². The van der Waals surface area contributed by atoms with Crippen LogP contribution in [0.1, 0.15) is 29.7 Å². The Kier molecular flexibility index (Phi) is 4.28. The fourth-order valence-corrected chi connectivity index (χ4v) is 2.45. The number of nitrogens with one attached hydrogen (secondary N) is 1. The van der Waals surface area contributed by atoms with E-state index in [-0.39, 0.29) is 0 Å². The molecule has 0 radical (unpaired) electrons. The van der Waals surface area contributed by atoms with Crippen LogP contribution in [0.4, 0.5) is 0 Å². The van der Waals surface area contributed by atoms with Crippen LogP contribution in [0.25, 0.3) is 11.1 Å². The van der Waals surface area contributed by atoms with Crippen LogP contribution in [-0.2, 0) is 0 Å². The predicted octanol–water partition coefficient (Wildman–Crippen LogP) is 4.90. The van der Waals surface area contributed by atoms with Gasteiger partial charge < -0.3 is 5.32 Å². The number of halogens is 1. The monoisotopic (exact) mass is 273 g/mol. The molecule has 1 atom stereocenters. The van der Waals surface area contributed by atoms with Gasteiger partial charge in [0.2, 0.25) is 0 Å². The van der Waals surface area contributed by atoms with Crippen molar-refractivity contribution >= 4 is 11.6 Å². The number of aryl methyl sites for hydroxylation is 2. The molecule has 0 saturated carbocycles. The molecule has 0 aliphatic rings. The van der Waals surface area contributed by atoms with Gasteiger partial charge in [-0.1, -0.05) is 29.8 Å². The number of hydrogen-bond donors (Lipinski definition) is 1. The summed E-state index contributed by atoms with van der Waals surface area (Å²) in [6, 6.07) is 13.2. The Morgan fingerprint density at radius 3 is 2.47 bits per heavy atom. The Morgan fingerprint density at radius 1 is 1.05 bits per heavy atom. The van der Waals surface area contributed by atoms with Gasteiger partial charge in [0.1, 0.15) is 0 Å². The van der Waals surface area contributed by atoms with Gasteiger partial charge >= 0.3 is 0 Å². The Bertz CT molecular complexity index is 590. The minimum absolute atomic E-state index is 0.355. The molecule has 0 saturated heterocycles. The highest BCUT2D eigenvalue weighted by Gasteiger charge is 2.08. The summed E-state index contributed by atoms with van der Waals surface area (Å²) < 4.78 is 0. The van der Waals surface area contributed by atoms with E-state index in [0.717, 1.165) is 10.6 Å². The minimum Gasteiger partial charge on any atom is -0.313 e. The largest absolute Gasteiger partial charge is 0.313 e. The first kappa shape index (κ1) is 14.1. The zero-order valence-corrected chi connectivity index (χ0v) is 12.7. The maximum Gasteiger partial charge on any atom is 0.0438 e. The molecule has 19 heavy (non-hydrogen) atoms. The quantitative estimate of drug-likeness (QED) is 0.838. The molecule has 0 heterocycles. The standard InChI is InChI=1S/C17H20ClN/c1-11-9-17(18)12(2)8-16(11)15-7-5-6-14(10-15)13(3)19-4/h5-10,13,19H,1-4H3. The molecule has 1 unspecified atom stereocenters. The average Bonchev–Trinajstić information content (AvgIpc) is 2.42. The fraction of sp³-hybridized carbons (Fsp3) is 0.294. The van der Waals surface area contributed by atoms with Gasteiger partial charge in [-0.05, 0) is 73.8 Å². The number of hydrogen-bond acceptors (Lipinski definition) is 1. The van der Waals surface area contributed by atoms with Gasteiger partial charge in [-0.25, -0.2) is 0 Å². The Hall–Kier alpha value is -1.31. The number of benzene rings is 2. The first-order valence-electron chi connectivity index (χ1n) is 6.57. The van der Waals surface area contributed by atoms with Crippen molar-refractivity contribution in [3.63, 3.8) is 0 Å². The lowest BCUT2D eigenvalue weighted by Gasteiger charge is -2.14. The molecule has 1 N–H and O–H groups in total. The maximum atomic E-state index is 6.17. The Labute approximate surface area is 120 Å². The van der Waals surface area contributed by atoms with Crippen molar-refractivity contribution in [2.45, 2.75) is 26.8 Å². The molecule has 0 aromatic heterocycles. The van der Waals surface area contributed by atoms with Crippen molar-refractivity contribution in [2.75, 3.05) is 7.05 Å². The molecule has 100 valence electrons. The highest BCUT2D eigenvalue weighted by atomic mass is 35.5. The van der Waals surface area contributed by atoms with Gasteiger partial charge in [-0.3, -0.25) is 0 Å². The third-order valence-electron chi connectivity index (χ3n) is 3.64. The highest BCUT2D eigenvalue weighted by Crippen LogP contribution is 2.30. The summed E-state index contributed by atoms with van der Waals surface area (Å²) in [6.07, 6.45) is 0. The second kappa shape index (κ2) is 5.77. The molecule has 2 aromatic rings. The highest BCUT2D eigenvalue weighted by molar-refractivity contribution is 6.31.